The summed E-state index contributed by atoms with van der Waals surface area (Å²) in [4.78, 5) is 36.1. The molecular formula is C25H26ClFN4O4S. The minimum Gasteiger partial charge on any atom is -0.466 e. The van der Waals surface area contributed by atoms with Crippen molar-refractivity contribution in [2.75, 3.05) is 26.8 Å². The number of aliphatic imine (C=N–C) groups is 1. The first kappa shape index (κ1) is 25.0. The van der Waals surface area contributed by atoms with Crippen molar-refractivity contribution in [1.82, 2.24) is 15.2 Å². The molecule has 36 heavy (non-hydrogen) atoms. The summed E-state index contributed by atoms with van der Waals surface area (Å²) in [6.45, 7) is 3.23. The number of carbonyl (C=O) groups excluding carboxylic acids is 2. The number of likely N-dealkylation sites (tertiary alicyclic amines) is 1. The molecule has 3 atom stereocenters. The molecule has 4 heterocycles. The number of methoxy groups -OCH3 is 1. The molecule has 0 amide bonds. The Bertz CT molecular complexity index is 1250. The fourth-order valence-electron chi connectivity index (χ4n) is 5.18. The van der Waals surface area contributed by atoms with Crippen LogP contribution in [0, 0.1) is 5.82 Å². The molecule has 190 valence electrons. The summed E-state index contributed by atoms with van der Waals surface area (Å²) < 4.78 is 25.1. The summed E-state index contributed by atoms with van der Waals surface area (Å²) in [5.74, 6) is -0.376. The van der Waals surface area contributed by atoms with Crippen LogP contribution in [0.2, 0.25) is 5.02 Å². The van der Waals surface area contributed by atoms with Crippen molar-refractivity contribution >= 4 is 40.5 Å². The first-order chi connectivity index (χ1) is 17.3. The van der Waals surface area contributed by atoms with E-state index in [4.69, 9.17) is 26.1 Å². The summed E-state index contributed by atoms with van der Waals surface area (Å²) in [5.41, 5.74) is 1.08. The highest BCUT2D eigenvalue weighted by Gasteiger charge is 2.51. The fourth-order valence-corrected chi connectivity index (χ4v) is 6.04. The zero-order chi connectivity index (χ0) is 25.4. The van der Waals surface area contributed by atoms with Crippen LogP contribution in [0.5, 0.6) is 0 Å². The van der Waals surface area contributed by atoms with Crippen LogP contribution in [-0.4, -0.2) is 65.9 Å². The number of nitrogens with zero attached hydrogens (tertiary/aromatic N) is 3. The Balaban J connectivity index is 1.52. The molecule has 5 rings (SSSR count). The zero-order valence-electron chi connectivity index (χ0n) is 19.9. The lowest BCUT2D eigenvalue weighted by atomic mass is 9.95. The Morgan fingerprint density at radius 1 is 1.42 bits per heavy atom. The summed E-state index contributed by atoms with van der Waals surface area (Å²) >= 11 is 7.84. The van der Waals surface area contributed by atoms with Gasteiger partial charge in [0.1, 0.15) is 17.6 Å². The average Bonchev–Trinajstić information content (AvgIpc) is 3.59. The van der Waals surface area contributed by atoms with Gasteiger partial charge in [-0.15, -0.1) is 11.3 Å². The Labute approximate surface area is 217 Å². The van der Waals surface area contributed by atoms with E-state index in [1.165, 1.54) is 30.6 Å². The van der Waals surface area contributed by atoms with Gasteiger partial charge in [-0.25, -0.2) is 14.2 Å². The Morgan fingerprint density at radius 2 is 2.25 bits per heavy atom. The number of ketones is 1. The number of hydrogen-bond acceptors (Lipinski definition) is 9. The predicted molar refractivity (Wildman–Crippen MR) is 134 cm³/mol. The van der Waals surface area contributed by atoms with E-state index < -0.39 is 17.8 Å². The molecule has 8 nitrogen and oxygen atoms in total. The number of fused-ring (bicyclic) bond motifs is 2. The number of Topliss-reactive ketones (excluding diaryl/α,β-unsaturated/α-hetero) is 1. The molecule has 1 N–H and O–H groups in total. The van der Waals surface area contributed by atoms with Gasteiger partial charge in [0.05, 0.1) is 24.9 Å². The molecule has 0 radical (unpaired) electrons. The van der Waals surface area contributed by atoms with Gasteiger partial charge < -0.3 is 19.6 Å². The van der Waals surface area contributed by atoms with Crippen LogP contribution >= 0.6 is 22.9 Å². The summed E-state index contributed by atoms with van der Waals surface area (Å²) in [5, 5.41) is 5.99. The van der Waals surface area contributed by atoms with Crippen molar-refractivity contribution in [3.63, 3.8) is 0 Å². The van der Waals surface area contributed by atoms with Gasteiger partial charge in [0.2, 0.25) is 0 Å². The van der Waals surface area contributed by atoms with E-state index in [0.29, 0.717) is 60.2 Å². The number of morpholine rings is 1. The largest absolute Gasteiger partial charge is 0.466 e. The molecule has 11 heteroatoms. The highest BCUT2D eigenvalue weighted by Crippen LogP contribution is 2.42. The Kier molecular flexibility index (Phi) is 6.95. The van der Waals surface area contributed by atoms with E-state index in [0.717, 1.165) is 6.42 Å². The molecular weight excluding hydrogens is 507 g/mol. The van der Waals surface area contributed by atoms with Crippen molar-refractivity contribution in [2.24, 2.45) is 4.99 Å². The van der Waals surface area contributed by atoms with Crippen LogP contribution in [0.3, 0.4) is 0 Å². The van der Waals surface area contributed by atoms with Gasteiger partial charge in [0.15, 0.2) is 10.8 Å². The first-order valence-corrected chi connectivity index (χ1v) is 12.9. The minimum absolute atomic E-state index is 0.142. The van der Waals surface area contributed by atoms with Gasteiger partial charge in [-0.1, -0.05) is 17.7 Å². The highest BCUT2D eigenvalue weighted by atomic mass is 35.5. The SMILES string of the molecule is COC(=O)C1=C(CN2CC3(CCC(C)=O)CC2CO3)NC(c2nccs2)=N[C@H]1c1ccc(F)cc1Cl. The maximum Gasteiger partial charge on any atom is 0.338 e. The van der Waals surface area contributed by atoms with Gasteiger partial charge in [0.25, 0.3) is 0 Å². The van der Waals surface area contributed by atoms with E-state index in [1.54, 1.807) is 19.2 Å². The predicted octanol–water partition coefficient (Wildman–Crippen LogP) is 3.67. The number of carbonyl (C=O) groups is 2. The molecule has 2 fully saturated rings. The van der Waals surface area contributed by atoms with Crippen LogP contribution in [0.15, 0.2) is 46.0 Å². The maximum atomic E-state index is 13.8. The number of halogens is 2. The van der Waals surface area contributed by atoms with Crippen molar-refractivity contribution in [3.8, 4) is 0 Å². The number of esters is 1. The van der Waals surface area contributed by atoms with E-state index in [2.05, 4.69) is 15.2 Å². The molecule has 0 saturated carbocycles. The molecule has 2 aromatic rings. The third-order valence-corrected chi connectivity index (χ3v) is 8.02. The standard InChI is InChI=1S/C25H26ClFN4O4S/c1-14(32)5-6-25-10-16(12-35-25)31(13-25)11-19-20(24(33)34-2)21(17-4-3-15(27)9-18(17)26)30-22(29-19)23-28-7-8-36-23/h3-4,7-9,16,21H,5-6,10-13H2,1-2H3,(H,29,30)/t16?,21-,25?/m0/s1. The summed E-state index contributed by atoms with van der Waals surface area (Å²) in [6.07, 6.45) is 3.66. The van der Waals surface area contributed by atoms with Crippen LogP contribution in [0.1, 0.15) is 42.8 Å². The van der Waals surface area contributed by atoms with Crippen LogP contribution < -0.4 is 5.32 Å². The van der Waals surface area contributed by atoms with Crippen LogP contribution in [-0.2, 0) is 19.1 Å². The molecule has 3 aliphatic rings. The summed E-state index contributed by atoms with van der Waals surface area (Å²) in [6, 6.07) is 3.41. The number of hydrogen-bond donors (Lipinski definition) is 1. The molecule has 2 saturated heterocycles. The van der Waals surface area contributed by atoms with Gasteiger partial charge >= 0.3 is 5.97 Å². The van der Waals surface area contributed by atoms with Crippen LogP contribution in [0.4, 0.5) is 4.39 Å². The van der Waals surface area contributed by atoms with Gasteiger partial charge in [-0.2, -0.15) is 0 Å². The normalized spacial score (nSPS) is 25.6. The van der Waals surface area contributed by atoms with Crippen molar-refractivity contribution in [2.45, 2.75) is 43.9 Å². The quantitative estimate of drug-likeness (QED) is 0.518. The number of nitrogens with one attached hydrogen (secondary N) is 1. The molecule has 1 aromatic carbocycles. The number of benzene rings is 1. The third-order valence-electron chi connectivity index (χ3n) is 6.91. The smallest absolute Gasteiger partial charge is 0.338 e. The number of aromatic nitrogens is 1. The maximum absolute atomic E-state index is 13.8. The van der Waals surface area contributed by atoms with Crippen LogP contribution in [0.25, 0.3) is 0 Å². The number of thiazole rings is 1. The Hall–Kier alpha value is -2.66. The van der Waals surface area contributed by atoms with E-state index in [9.17, 15) is 14.0 Å². The lowest BCUT2D eigenvalue weighted by molar-refractivity contribution is -0.136. The Morgan fingerprint density at radius 3 is 2.94 bits per heavy atom. The minimum atomic E-state index is -0.802. The average molecular weight is 533 g/mol. The lowest BCUT2D eigenvalue weighted by Gasteiger charge is -2.35. The molecule has 2 unspecified atom stereocenters. The molecule has 3 aliphatic heterocycles. The van der Waals surface area contributed by atoms with Gasteiger partial charge in [-0.05, 0) is 31.9 Å². The number of amidine groups is 1. The second kappa shape index (κ2) is 10.0. The highest BCUT2D eigenvalue weighted by molar-refractivity contribution is 7.11. The monoisotopic (exact) mass is 532 g/mol. The van der Waals surface area contributed by atoms with Crippen molar-refractivity contribution in [1.29, 1.82) is 0 Å². The number of ether oxygens (including phenoxy) is 2. The van der Waals surface area contributed by atoms with Gasteiger partial charge in [-0.3, -0.25) is 9.89 Å². The third kappa shape index (κ3) is 4.82. The summed E-state index contributed by atoms with van der Waals surface area (Å²) in [7, 11) is 1.32. The van der Waals surface area contributed by atoms with Gasteiger partial charge in [0, 0.05) is 53.4 Å². The molecule has 2 bridgehead atoms. The molecule has 0 spiro atoms. The van der Waals surface area contributed by atoms with Crippen molar-refractivity contribution in [3.05, 3.63) is 62.5 Å². The van der Waals surface area contributed by atoms with E-state index >= 15 is 0 Å². The van der Waals surface area contributed by atoms with Crippen molar-refractivity contribution < 1.29 is 23.5 Å². The fraction of sp³-hybridized carbons (Fsp3) is 0.440. The number of rotatable bonds is 8. The van der Waals surface area contributed by atoms with E-state index in [-0.39, 0.29) is 22.4 Å². The lowest BCUT2D eigenvalue weighted by Crippen LogP contribution is -2.46. The first-order valence-electron chi connectivity index (χ1n) is 11.7. The topological polar surface area (TPSA) is 93.1 Å². The molecule has 1 aromatic heterocycles. The molecule has 0 aliphatic carbocycles. The second-order valence-corrected chi connectivity index (χ2v) is 10.7. The zero-order valence-corrected chi connectivity index (χ0v) is 21.5. The van der Waals surface area contributed by atoms with E-state index in [1.807, 2.05) is 5.38 Å². The second-order valence-electron chi connectivity index (χ2n) is 9.35.